The summed E-state index contributed by atoms with van der Waals surface area (Å²) >= 11 is 1.60. The van der Waals surface area contributed by atoms with Crippen molar-refractivity contribution in [2.45, 2.75) is 25.9 Å². The van der Waals surface area contributed by atoms with Gasteiger partial charge in [0.1, 0.15) is 5.60 Å². The van der Waals surface area contributed by atoms with Gasteiger partial charge in [-0.2, -0.15) is 11.3 Å². The van der Waals surface area contributed by atoms with Crippen molar-refractivity contribution in [1.82, 2.24) is 0 Å². The molecule has 0 bridgehead atoms. The molecule has 0 aliphatic heterocycles. The van der Waals surface area contributed by atoms with Crippen LogP contribution in [0.4, 0.5) is 0 Å². The molecule has 0 aromatic carbocycles. The molecule has 1 aromatic heterocycles. The third kappa shape index (κ3) is 1.45. The lowest BCUT2D eigenvalue weighted by molar-refractivity contribution is 0.0730. The molecule has 0 aliphatic rings. The third-order valence-corrected chi connectivity index (χ3v) is 2.90. The first-order valence-corrected chi connectivity index (χ1v) is 4.96. The Hall–Kier alpha value is -0.600. The molecule has 0 spiro atoms. The summed E-state index contributed by atoms with van der Waals surface area (Å²) in [6.07, 6.45) is 0.680. The monoisotopic (exact) mass is 182 g/mol. The lowest BCUT2D eigenvalue weighted by atomic mass is 9.87. The van der Waals surface area contributed by atoms with Crippen LogP contribution in [0.5, 0.6) is 0 Å². The molecule has 0 aliphatic carbocycles. The fourth-order valence-corrected chi connectivity index (χ4v) is 1.98. The molecular formula is C10H14OS. The highest BCUT2D eigenvalue weighted by Gasteiger charge is 2.27. The normalized spacial score (nSPS) is 15.6. The minimum Gasteiger partial charge on any atom is -0.381 e. The second-order valence-corrected chi connectivity index (χ2v) is 3.79. The van der Waals surface area contributed by atoms with Gasteiger partial charge in [-0.3, -0.25) is 0 Å². The van der Waals surface area contributed by atoms with Crippen LogP contribution in [0.3, 0.4) is 0 Å². The minimum atomic E-state index is -0.819. The Morgan fingerprint density at radius 2 is 2.42 bits per heavy atom. The maximum atomic E-state index is 10.2. The van der Waals surface area contributed by atoms with Crippen molar-refractivity contribution in [2.24, 2.45) is 0 Å². The van der Waals surface area contributed by atoms with Gasteiger partial charge >= 0.3 is 0 Å². The van der Waals surface area contributed by atoms with Gasteiger partial charge in [-0.25, -0.2) is 0 Å². The molecule has 1 rings (SSSR count). The average molecular weight is 182 g/mol. The Kier molecular flexibility index (Phi) is 2.70. The van der Waals surface area contributed by atoms with E-state index in [1.165, 1.54) is 0 Å². The third-order valence-electron chi connectivity index (χ3n) is 2.22. The molecule has 0 amide bonds. The summed E-state index contributed by atoms with van der Waals surface area (Å²) < 4.78 is 0. The molecule has 1 aromatic rings. The highest BCUT2D eigenvalue weighted by atomic mass is 32.1. The zero-order chi connectivity index (χ0) is 9.19. The van der Waals surface area contributed by atoms with E-state index in [0.29, 0.717) is 6.42 Å². The van der Waals surface area contributed by atoms with Crippen LogP contribution >= 0.6 is 11.3 Å². The molecule has 1 unspecified atom stereocenters. The molecule has 66 valence electrons. The summed E-state index contributed by atoms with van der Waals surface area (Å²) in [5.74, 6) is 0. The van der Waals surface area contributed by atoms with Crippen molar-refractivity contribution in [3.8, 4) is 0 Å². The van der Waals surface area contributed by atoms with Crippen molar-refractivity contribution in [1.29, 1.82) is 0 Å². The van der Waals surface area contributed by atoms with Gasteiger partial charge in [-0.05, 0) is 41.3 Å². The van der Waals surface area contributed by atoms with Crippen LogP contribution in [0.1, 0.15) is 25.8 Å². The van der Waals surface area contributed by atoms with E-state index < -0.39 is 5.60 Å². The topological polar surface area (TPSA) is 20.2 Å². The summed E-state index contributed by atoms with van der Waals surface area (Å²) in [5, 5.41) is 14.1. The molecule has 12 heavy (non-hydrogen) atoms. The van der Waals surface area contributed by atoms with Gasteiger partial charge in [0, 0.05) is 0 Å². The summed E-state index contributed by atoms with van der Waals surface area (Å²) in [7, 11) is 0. The number of aliphatic hydroxyl groups is 1. The van der Waals surface area contributed by atoms with E-state index in [1.807, 2.05) is 30.7 Å². The lowest BCUT2D eigenvalue weighted by Gasteiger charge is -2.26. The molecule has 0 fully saturated rings. The smallest absolute Gasteiger partial charge is 0.111 e. The summed E-state index contributed by atoms with van der Waals surface area (Å²) in [4.78, 5) is 0. The van der Waals surface area contributed by atoms with Crippen molar-refractivity contribution in [3.05, 3.63) is 34.5 Å². The summed E-state index contributed by atoms with van der Waals surface area (Å²) in [5.41, 5.74) is 0.950. The zero-order valence-electron chi connectivity index (χ0n) is 7.50. The van der Waals surface area contributed by atoms with Crippen LogP contribution < -0.4 is 0 Å². The molecule has 2 heteroatoms. The molecule has 0 radical (unpaired) electrons. The zero-order valence-corrected chi connectivity index (χ0v) is 8.32. The SMILES string of the molecule is C=C(C)C(O)(CC)c1ccsc1. The second kappa shape index (κ2) is 3.42. The van der Waals surface area contributed by atoms with Crippen molar-refractivity contribution >= 4 is 11.3 Å². The van der Waals surface area contributed by atoms with Gasteiger partial charge in [-0.1, -0.05) is 13.5 Å². The van der Waals surface area contributed by atoms with E-state index in [1.54, 1.807) is 11.3 Å². The minimum absolute atomic E-state index is 0.680. The Labute approximate surface area is 77.4 Å². The molecule has 1 atom stereocenters. The number of hydrogen-bond acceptors (Lipinski definition) is 2. The number of thiophene rings is 1. The Bertz CT molecular complexity index is 263. The predicted octanol–water partition coefficient (Wildman–Crippen LogP) is 2.92. The first-order chi connectivity index (χ1) is 5.61. The van der Waals surface area contributed by atoms with E-state index in [0.717, 1.165) is 11.1 Å². The quantitative estimate of drug-likeness (QED) is 0.713. The van der Waals surface area contributed by atoms with E-state index in [2.05, 4.69) is 6.58 Å². The molecule has 1 N–H and O–H groups in total. The van der Waals surface area contributed by atoms with Crippen molar-refractivity contribution < 1.29 is 5.11 Å². The van der Waals surface area contributed by atoms with Crippen LogP contribution in [0.2, 0.25) is 0 Å². The van der Waals surface area contributed by atoms with Gasteiger partial charge in [0.15, 0.2) is 0 Å². The van der Waals surface area contributed by atoms with E-state index >= 15 is 0 Å². The fraction of sp³-hybridized carbons (Fsp3) is 0.400. The fourth-order valence-electron chi connectivity index (χ4n) is 1.25. The van der Waals surface area contributed by atoms with Crippen LogP contribution in [-0.4, -0.2) is 5.11 Å². The number of rotatable bonds is 3. The Balaban J connectivity index is 3.04. The van der Waals surface area contributed by atoms with Crippen LogP contribution in [-0.2, 0) is 5.60 Å². The van der Waals surface area contributed by atoms with Gasteiger partial charge in [0.05, 0.1) is 0 Å². The molecule has 1 heterocycles. The molecule has 0 saturated heterocycles. The van der Waals surface area contributed by atoms with E-state index in [-0.39, 0.29) is 0 Å². The number of hydrogen-bond donors (Lipinski definition) is 1. The summed E-state index contributed by atoms with van der Waals surface area (Å²) in [6, 6.07) is 1.95. The molecule has 1 nitrogen and oxygen atoms in total. The molecule has 0 saturated carbocycles. The standard InChI is InChI=1S/C10H14OS/c1-4-10(11,8(2)3)9-5-6-12-7-9/h5-7,11H,2,4H2,1,3H3. The highest BCUT2D eigenvalue weighted by Crippen LogP contribution is 2.32. The van der Waals surface area contributed by atoms with Crippen molar-refractivity contribution in [3.63, 3.8) is 0 Å². The van der Waals surface area contributed by atoms with Gasteiger partial charge in [0.25, 0.3) is 0 Å². The van der Waals surface area contributed by atoms with Gasteiger partial charge in [-0.15, -0.1) is 0 Å². The van der Waals surface area contributed by atoms with Crippen LogP contribution in [0.25, 0.3) is 0 Å². The molecular weight excluding hydrogens is 168 g/mol. The highest BCUT2D eigenvalue weighted by molar-refractivity contribution is 7.08. The Morgan fingerprint density at radius 1 is 1.75 bits per heavy atom. The first kappa shape index (κ1) is 9.49. The largest absolute Gasteiger partial charge is 0.381 e. The van der Waals surface area contributed by atoms with E-state index in [4.69, 9.17) is 0 Å². The maximum Gasteiger partial charge on any atom is 0.111 e. The first-order valence-electron chi connectivity index (χ1n) is 4.02. The van der Waals surface area contributed by atoms with Crippen LogP contribution in [0, 0.1) is 0 Å². The van der Waals surface area contributed by atoms with Gasteiger partial charge < -0.3 is 5.11 Å². The predicted molar refractivity (Wildman–Crippen MR) is 53.3 cm³/mol. The van der Waals surface area contributed by atoms with Crippen molar-refractivity contribution in [2.75, 3.05) is 0 Å². The Morgan fingerprint density at radius 3 is 2.75 bits per heavy atom. The second-order valence-electron chi connectivity index (χ2n) is 3.01. The van der Waals surface area contributed by atoms with Crippen LogP contribution in [0.15, 0.2) is 29.0 Å². The average Bonchev–Trinajstić information content (AvgIpc) is 2.54. The van der Waals surface area contributed by atoms with E-state index in [9.17, 15) is 5.11 Å². The summed E-state index contributed by atoms with van der Waals surface area (Å²) in [6.45, 7) is 7.64. The lowest BCUT2D eigenvalue weighted by Crippen LogP contribution is -2.24. The van der Waals surface area contributed by atoms with Gasteiger partial charge in [0.2, 0.25) is 0 Å². The maximum absolute atomic E-state index is 10.2.